The van der Waals surface area contributed by atoms with Crippen molar-refractivity contribution >= 4 is 23.9 Å². The quantitative estimate of drug-likeness (QED) is 0.496. The van der Waals surface area contributed by atoms with E-state index in [-0.39, 0.29) is 18.2 Å². The number of anilines is 2. The van der Waals surface area contributed by atoms with E-state index in [1.54, 1.807) is 0 Å². The molecule has 1 aromatic carbocycles. The minimum absolute atomic E-state index is 0.101. The van der Waals surface area contributed by atoms with Crippen molar-refractivity contribution in [3.63, 3.8) is 0 Å². The van der Waals surface area contributed by atoms with E-state index in [9.17, 15) is 10.1 Å². The SMILES string of the molecule is CC(=O)Nc1ccc2c(c1)CCc1c-2nc(N)c(C#N)c1-c1ccc[nH]1.O=CO. The van der Waals surface area contributed by atoms with Gasteiger partial charge >= 0.3 is 0 Å². The molecule has 0 saturated carbocycles. The van der Waals surface area contributed by atoms with Crippen molar-refractivity contribution in [2.45, 2.75) is 19.8 Å². The molecular weight excluding hydrogens is 370 g/mol. The maximum Gasteiger partial charge on any atom is 0.290 e. The molecule has 0 aliphatic heterocycles. The molecule has 8 heteroatoms. The summed E-state index contributed by atoms with van der Waals surface area (Å²) in [5, 5.41) is 19.3. The molecule has 0 bridgehead atoms. The summed E-state index contributed by atoms with van der Waals surface area (Å²) in [6.07, 6.45) is 3.39. The van der Waals surface area contributed by atoms with Crippen LogP contribution in [-0.2, 0) is 22.4 Å². The first-order valence-corrected chi connectivity index (χ1v) is 8.85. The number of aromatic nitrogens is 2. The van der Waals surface area contributed by atoms with E-state index in [0.717, 1.165) is 52.2 Å². The second-order valence-corrected chi connectivity index (χ2v) is 6.43. The molecule has 4 rings (SSSR count). The van der Waals surface area contributed by atoms with Crippen molar-refractivity contribution in [1.29, 1.82) is 5.26 Å². The molecule has 0 spiro atoms. The van der Waals surface area contributed by atoms with Crippen LogP contribution >= 0.6 is 0 Å². The van der Waals surface area contributed by atoms with Crippen LogP contribution in [0.5, 0.6) is 0 Å². The number of H-pyrrole nitrogens is 1. The summed E-state index contributed by atoms with van der Waals surface area (Å²) in [6.45, 7) is 1.24. The molecule has 5 N–H and O–H groups in total. The number of aromatic amines is 1. The molecule has 29 heavy (non-hydrogen) atoms. The number of nitrogens with zero attached hydrogens (tertiary/aromatic N) is 2. The summed E-state index contributed by atoms with van der Waals surface area (Å²) < 4.78 is 0. The lowest BCUT2D eigenvalue weighted by atomic mass is 9.84. The summed E-state index contributed by atoms with van der Waals surface area (Å²) in [4.78, 5) is 27.4. The third-order valence-electron chi connectivity index (χ3n) is 4.63. The minimum Gasteiger partial charge on any atom is -0.483 e. The van der Waals surface area contributed by atoms with Gasteiger partial charge in [-0.3, -0.25) is 9.59 Å². The summed E-state index contributed by atoms with van der Waals surface area (Å²) in [7, 11) is 0. The molecule has 2 aromatic heterocycles. The van der Waals surface area contributed by atoms with Crippen LogP contribution < -0.4 is 11.1 Å². The molecule has 1 aliphatic carbocycles. The lowest BCUT2D eigenvalue weighted by Crippen LogP contribution is -2.13. The highest BCUT2D eigenvalue weighted by molar-refractivity contribution is 5.90. The number of hydrogen-bond acceptors (Lipinski definition) is 5. The predicted octanol–water partition coefficient (Wildman–Crippen LogP) is 2.96. The van der Waals surface area contributed by atoms with E-state index in [4.69, 9.17) is 15.6 Å². The smallest absolute Gasteiger partial charge is 0.290 e. The number of nitrogens with one attached hydrogen (secondary N) is 2. The van der Waals surface area contributed by atoms with Gasteiger partial charge in [-0.15, -0.1) is 0 Å². The van der Waals surface area contributed by atoms with Crippen molar-refractivity contribution in [3.05, 3.63) is 53.2 Å². The van der Waals surface area contributed by atoms with Crippen LogP contribution in [0.15, 0.2) is 36.5 Å². The van der Waals surface area contributed by atoms with Gasteiger partial charge in [-0.2, -0.15) is 5.26 Å². The Morgan fingerprint density at radius 3 is 2.76 bits per heavy atom. The Morgan fingerprint density at radius 1 is 1.38 bits per heavy atom. The highest BCUT2D eigenvalue weighted by Crippen LogP contribution is 2.41. The zero-order valence-electron chi connectivity index (χ0n) is 15.7. The lowest BCUT2D eigenvalue weighted by Gasteiger charge is -2.23. The van der Waals surface area contributed by atoms with E-state index in [0.29, 0.717) is 5.56 Å². The maximum absolute atomic E-state index is 11.3. The number of carboxylic acid groups (broad SMARTS) is 1. The number of fused-ring (bicyclic) bond motifs is 3. The Hall–Kier alpha value is -4.12. The topological polar surface area (TPSA) is 145 Å². The Morgan fingerprint density at radius 2 is 2.14 bits per heavy atom. The van der Waals surface area contributed by atoms with Gasteiger partial charge in [0.25, 0.3) is 6.47 Å². The number of aryl methyl sites for hydroxylation is 1. The Balaban J connectivity index is 0.000000755. The molecule has 0 radical (unpaired) electrons. The fourth-order valence-electron chi connectivity index (χ4n) is 3.58. The third-order valence-corrected chi connectivity index (χ3v) is 4.63. The molecule has 0 atom stereocenters. The van der Waals surface area contributed by atoms with Gasteiger partial charge in [0, 0.05) is 35.6 Å². The van der Waals surface area contributed by atoms with E-state index >= 15 is 0 Å². The monoisotopic (exact) mass is 389 g/mol. The van der Waals surface area contributed by atoms with Crippen molar-refractivity contribution in [3.8, 4) is 28.6 Å². The molecular formula is C21H19N5O3. The van der Waals surface area contributed by atoms with Crippen LogP contribution in [0.3, 0.4) is 0 Å². The van der Waals surface area contributed by atoms with Gasteiger partial charge in [0.05, 0.1) is 5.69 Å². The average molecular weight is 389 g/mol. The van der Waals surface area contributed by atoms with Crippen molar-refractivity contribution < 1.29 is 14.7 Å². The van der Waals surface area contributed by atoms with E-state index in [1.165, 1.54) is 6.92 Å². The summed E-state index contributed by atoms with van der Waals surface area (Å²) in [6, 6.07) is 11.8. The number of pyridine rings is 1. The fourth-order valence-corrected chi connectivity index (χ4v) is 3.58. The highest BCUT2D eigenvalue weighted by Gasteiger charge is 2.25. The number of amides is 1. The van der Waals surface area contributed by atoms with Crippen molar-refractivity contribution in [2.75, 3.05) is 11.1 Å². The van der Waals surface area contributed by atoms with Gasteiger partial charge in [0.1, 0.15) is 17.5 Å². The summed E-state index contributed by atoms with van der Waals surface area (Å²) >= 11 is 0. The molecule has 2 heterocycles. The Bertz CT molecular complexity index is 1110. The largest absolute Gasteiger partial charge is 0.483 e. The predicted molar refractivity (Wildman–Crippen MR) is 109 cm³/mol. The minimum atomic E-state index is -0.250. The van der Waals surface area contributed by atoms with Gasteiger partial charge in [-0.25, -0.2) is 4.98 Å². The Labute approximate surface area is 167 Å². The van der Waals surface area contributed by atoms with Crippen LogP contribution in [-0.4, -0.2) is 27.5 Å². The molecule has 0 saturated heterocycles. The standard InChI is InChI=1S/C20H17N5O.CH2O2/c1-11(26)24-13-5-7-14-12(9-13)4-6-15-18(17-3-2-8-23-17)16(10-21)20(22)25-19(14)15;2-1-3/h2-3,5,7-9,23H,4,6H2,1H3,(H2,22,25)(H,24,26);1H,(H,2,3). The number of benzene rings is 1. The zero-order valence-corrected chi connectivity index (χ0v) is 15.7. The molecule has 3 aromatic rings. The van der Waals surface area contributed by atoms with Gasteiger partial charge in [0.2, 0.25) is 5.91 Å². The van der Waals surface area contributed by atoms with E-state index < -0.39 is 0 Å². The fraction of sp³-hybridized carbons (Fsp3) is 0.143. The number of carbonyl (C=O) groups excluding carboxylic acids is 1. The normalized spacial score (nSPS) is 11.2. The van der Waals surface area contributed by atoms with Crippen LogP contribution in [0.1, 0.15) is 23.6 Å². The first kappa shape index (κ1) is 19.6. The number of nitrogens with two attached hydrogens (primary N) is 1. The first-order chi connectivity index (χ1) is 14.0. The molecule has 8 nitrogen and oxygen atoms in total. The van der Waals surface area contributed by atoms with Crippen LogP contribution in [0, 0.1) is 11.3 Å². The van der Waals surface area contributed by atoms with Crippen molar-refractivity contribution in [1.82, 2.24) is 9.97 Å². The molecule has 146 valence electrons. The first-order valence-electron chi connectivity index (χ1n) is 8.85. The average Bonchev–Trinajstić information content (AvgIpc) is 3.21. The molecule has 0 unspecified atom stereocenters. The third kappa shape index (κ3) is 3.80. The molecule has 0 fully saturated rings. The number of carbonyl (C=O) groups is 2. The van der Waals surface area contributed by atoms with Crippen LogP contribution in [0.4, 0.5) is 11.5 Å². The zero-order chi connectivity index (χ0) is 21.0. The number of nitriles is 1. The number of rotatable bonds is 2. The molecule has 1 amide bonds. The van der Waals surface area contributed by atoms with E-state index in [1.807, 2.05) is 36.5 Å². The van der Waals surface area contributed by atoms with E-state index in [2.05, 4.69) is 21.4 Å². The Kier molecular flexibility index (Phi) is 5.60. The van der Waals surface area contributed by atoms with Crippen molar-refractivity contribution in [2.24, 2.45) is 0 Å². The van der Waals surface area contributed by atoms with Gasteiger partial charge in [0.15, 0.2) is 0 Å². The number of nitrogen functional groups attached to an aromatic ring is 1. The second kappa shape index (κ2) is 8.27. The van der Waals surface area contributed by atoms with Crippen LogP contribution in [0.25, 0.3) is 22.5 Å². The second-order valence-electron chi connectivity index (χ2n) is 6.43. The lowest BCUT2D eigenvalue weighted by molar-refractivity contribution is -0.123. The maximum atomic E-state index is 11.3. The highest BCUT2D eigenvalue weighted by atomic mass is 16.3. The van der Waals surface area contributed by atoms with Crippen LogP contribution in [0.2, 0.25) is 0 Å². The summed E-state index contributed by atoms with van der Waals surface area (Å²) in [5.74, 6) is 0.130. The molecule has 1 aliphatic rings. The van der Waals surface area contributed by atoms with Gasteiger partial charge < -0.3 is 21.1 Å². The number of hydrogen-bond donors (Lipinski definition) is 4. The van der Waals surface area contributed by atoms with Gasteiger partial charge in [-0.1, -0.05) is 6.07 Å². The van der Waals surface area contributed by atoms with Gasteiger partial charge in [-0.05, 0) is 48.2 Å². The summed E-state index contributed by atoms with van der Waals surface area (Å²) in [5.41, 5.74) is 12.9.